The van der Waals surface area contributed by atoms with Gasteiger partial charge in [-0.2, -0.15) is 0 Å². The molecule has 0 amide bonds. The molecular weight excluding hydrogens is 318 g/mol. The lowest BCUT2D eigenvalue weighted by Crippen LogP contribution is -2.22. The molecule has 0 aliphatic heterocycles. The minimum Gasteiger partial charge on any atom is -0.493 e. The van der Waals surface area contributed by atoms with Crippen LogP contribution < -0.4 is 14.8 Å². The van der Waals surface area contributed by atoms with Gasteiger partial charge in [0.2, 0.25) is 0 Å². The molecule has 20 heavy (non-hydrogen) atoms. The van der Waals surface area contributed by atoms with Gasteiger partial charge in [0.05, 0.1) is 14.2 Å². The highest BCUT2D eigenvalue weighted by Crippen LogP contribution is 2.51. The molecule has 0 bridgehead atoms. The predicted molar refractivity (Wildman–Crippen MR) is 85.8 cm³/mol. The molecule has 0 spiro atoms. The van der Waals surface area contributed by atoms with E-state index >= 15 is 0 Å². The number of ether oxygens (including phenoxy) is 2. The van der Waals surface area contributed by atoms with Crippen molar-refractivity contribution in [3.05, 3.63) is 22.2 Å². The molecule has 1 N–H and O–H groups in total. The summed E-state index contributed by atoms with van der Waals surface area (Å²) in [5.41, 5.74) is 1.33. The number of hydrogen-bond acceptors (Lipinski definition) is 3. The van der Waals surface area contributed by atoms with Gasteiger partial charge in [0.15, 0.2) is 11.5 Å². The Morgan fingerprint density at radius 2 is 1.90 bits per heavy atom. The largest absolute Gasteiger partial charge is 0.493 e. The van der Waals surface area contributed by atoms with Crippen molar-refractivity contribution in [1.29, 1.82) is 0 Å². The maximum atomic E-state index is 5.40. The monoisotopic (exact) mass is 341 g/mol. The second-order valence-electron chi connectivity index (χ2n) is 5.88. The van der Waals surface area contributed by atoms with Crippen LogP contribution >= 0.6 is 15.9 Å². The minimum atomic E-state index is 0.629. The van der Waals surface area contributed by atoms with Gasteiger partial charge in [0.1, 0.15) is 0 Å². The van der Waals surface area contributed by atoms with E-state index in [1.54, 1.807) is 14.2 Å². The van der Waals surface area contributed by atoms with E-state index in [-0.39, 0.29) is 0 Å². The smallest absolute Gasteiger partial charge is 0.161 e. The van der Waals surface area contributed by atoms with Crippen LogP contribution in [0.4, 0.5) is 0 Å². The van der Waals surface area contributed by atoms with Crippen LogP contribution in [0, 0.1) is 11.8 Å². The summed E-state index contributed by atoms with van der Waals surface area (Å²) >= 11 is 3.65. The number of hydrogen-bond donors (Lipinski definition) is 1. The molecular formula is C16H24BrNO2. The minimum absolute atomic E-state index is 0.629. The van der Waals surface area contributed by atoms with E-state index < -0.39 is 0 Å². The fraction of sp³-hybridized carbons (Fsp3) is 0.625. The molecule has 1 aliphatic rings. The quantitative estimate of drug-likeness (QED) is 0.817. The molecule has 2 unspecified atom stereocenters. The first kappa shape index (κ1) is 15.6. The van der Waals surface area contributed by atoms with Crippen LogP contribution in [0.3, 0.4) is 0 Å². The molecule has 1 aliphatic carbocycles. The molecule has 1 aromatic carbocycles. The highest BCUT2D eigenvalue weighted by Gasteiger charge is 2.39. The number of rotatable bonds is 7. The fourth-order valence-electron chi connectivity index (χ4n) is 2.57. The molecule has 0 radical (unpaired) electrons. The fourth-order valence-corrected chi connectivity index (χ4v) is 3.18. The average Bonchev–Trinajstić information content (AvgIpc) is 3.17. The summed E-state index contributed by atoms with van der Waals surface area (Å²) in [5.74, 6) is 3.66. The third-order valence-corrected chi connectivity index (χ3v) is 4.47. The van der Waals surface area contributed by atoms with Crippen molar-refractivity contribution < 1.29 is 9.47 Å². The number of methoxy groups -OCH3 is 2. The van der Waals surface area contributed by atoms with Gasteiger partial charge in [0, 0.05) is 4.47 Å². The van der Waals surface area contributed by atoms with E-state index in [1.165, 1.54) is 12.0 Å². The van der Waals surface area contributed by atoms with Crippen LogP contribution in [0.1, 0.15) is 31.7 Å². The van der Waals surface area contributed by atoms with Crippen LogP contribution in [0.5, 0.6) is 11.5 Å². The summed E-state index contributed by atoms with van der Waals surface area (Å²) in [4.78, 5) is 0. The van der Waals surface area contributed by atoms with Gasteiger partial charge < -0.3 is 14.8 Å². The summed E-state index contributed by atoms with van der Waals surface area (Å²) in [5, 5.41) is 3.55. The molecule has 2 atom stereocenters. The second kappa shape index (κ2) is 6.81. The first-order valence-electron chi connectivity index (χ1n) is 7.19. The topological polar surface area (TPSA) is 30.5 Å². The van der Waals surface area contributed by atoms with Crippen molar-refractivity contribution in [1.82, 2.24) is 5.32 Å². The van der Waals surface area contributed by atoms with Gasteiger partial charge in [-0.3, -0.25) is 0 Å². The number of halogens is 1. The first-order valence-corrected chi connectivity index (χ1v) is 7.98. The first-order chi connectivity index (χ1) is 9.56. The molecule has 1 saturated carbocycles. The molecule has 1 fully saturated rings. The Kier molecular flexibility index (Phi) is 5.33. The summed E-state index contributed by atoms with van der Waals surface area (Å²) in [6.07, 6.45) is 1.25. The van der Waals surface area contributed by atoms with Crippen LogP contribution in [0.15, 0.2) is 16.6 Å². The Hall–Kier alpha value is -0.740. The molecule has 1 aromatic rings. The second-order valence-corrected chi connectivity index (χ2v) is 6.74. The van der Waals surface area contributed by atoms with Gasteiger partial charge in [0.25, 0.3) is 0 Å². The maximum absolute atomic E-state index is 5.40. The van der Waals surface area contributed by atoms with Crippen molar-refractivity contribution in [2.75, 3.05) is 27.3 Å². The van der Waals surface area contributed by atoms with Crippen molar-refractivity contribution >= 4 is 15.9 Å². The molecule has 0 aromatic heterocycles. The SMILES string of the molecule is COc1cc(Br)c(C2CC2CNCC(C)C)cc1OC. The average molecular weight is 342 g/mol. The van der Waals surface area contributed by atoms with E-state index in [0.29, 0.717) is 11.8 Å². The van der Waals surface area contributed by atoms with Crippen LogP contribution in [0.25, 0.3) is 0 Å². The summed E-state index contributed by atoms with van der Waals surface area (Å²) < 4.78 is 11.8. The summed E-state index contributed by atoms with van der Waals surface area (Å²) in [7, 11) is 3.35. The van der Waals surface area contributed by atoms with E-state index in [0.717, 1.165) is 35.0 Å². The molecule has 112 valence electrons. The van der Waals surface area contributed by atoms with Crippen LogP contribution in [-0.2, 0) is 0 Å². The lowest BCUT2D eigenvalue weighted by atomic mass is 10.1. The third kappa shape index (κ3) is 3.67. The highest BCUT2D eigenvalue weighted by molar-refractivity contribution is 9.10. The Bertz CT molecular complexity index is 462. The van der Waals surface area contributed by atoms with E-state index in [1.807, 2.05) is 6.07 Å². The van der Waals surface area contributed by atoms with Crippen LogP contribution in [0.2, 0.25) is 0 Å². The van der Waals surface area contributed by atoms with Gasteiger partial charge >= 0.3 is 0 Å². The predicted octanol–water partition coefficient (Wildman–Crippen LogP) is 3.82. The lowest BCUT2D eigenvalue weighted by Gasteiger charge is -2.12. The molecule has 4 heteroatoms. The Morgan fingerprint density at radius 1 is 1.25 bits per heavy atom. The van der Waals surface area contributed by atoms with Gasteiger partial charge in [-0.25, -0.2) is 0 Å². The Morgan fingerprint density at radius 3 is 2.50 bits per heavy atom. The Labute approximate surface area is 130 Å². The zero-order chi connectivity index (χ0) is 14.7. The van der Waals surface area contributed by atoms with E-state index in [9.17, 15) is 0 Å². The van der Waals surface area contributed by atoms with Crippen molar-refractivity contribution in [2.45, 2.75) is 26.2 Å². The van der Waals surface area contributed by atoms with Gasteiger partial charge in [-0.1, -0.05) is 29.8 Å². The van der Waals surface area contributed by atoms with Crippen molar-refractivity contribution in [3.63, 3.8) is 0 Å². The lowest BCUT2D eigenvalue weighted by molar-refractivity contribution is 0.354. The zero-order valence-electron chi connectivity index (χ0n) is 12.7. The standard InChI is InChI=1S/C16H24BrNO2/c1-10(2)8-18-9-11-5-12(11)13-6-15(19-3)16(20-4)7-14(13)17/h6-7,10-12,18H,5,8-9H2,1-4H3. The normalized spacial score (nSPS) is 21.1. The summed E-state index contributed by atoms with van der Waals surface area (Å²) in [6.45, 7) is 6.67. The molecule has 3 nitrogen and oxygen atoms in total. The van der Waals surface area contributed by atoms with Crippen molar-refractivity contribution in [2.24, 2.45) is 11.8 Å². The number of benzene rings is 1. The zero-order valence-corrected chi connectivity index (χ0v) is 14.3. The third-order valence-electron chi connectivity index (χ3n) is 3.78. The Balaban J connectivity index is 2.00. The molecule has 0 heterocycles. The van der Waals surface area contributed by atoms with E-state index in [2.05, 4.69) is 41.2 Å². The van der Waals surface area contributed by atoms with Gasteiger partial charge in [-0.05, 0) is 55.0 Å². The molecule has 2 rings (SSSR count). The highest BCUT2D eigenvalue weighted by atomic mass is 79.9. The van der Waals surface area contributed by atoms with Crippen LogP contribution in [-0.4, -0.2) is 27.3 Å². The maximum Gasteiger partial charge on any atom is 0.161 e. The molecule has 0 saturated heterocycles. The van der Waals surface area contributed by atoms with Crippen molar-refractivity contribution in [3.8, 4) is 11.5 Å². The number of nitrogens with one attached hydrogen (secondary N) is 1. The van der Waals surface area contributed by atoms with Gasteiger partial charge in [-0.15, -0.1) is 0 Å². The van der Waals surface area contributed by atoms with E-state index in [4.69, 9.17) is 9.47 Å². The summed E-state index contributed by atoms with van der Waals surface area (Å²) in [6, 6.07) is 4.11.